The minimum Gasteiger partial charge on any atom is -0.311 e. The highest BCUT2D eigenvalue weighted by Crippen LogP contribution is 2.32. The second-order valence-electron chi connectivity index (χ2n) is 5.34. The van der Waals surface area contributed by atoms with Crippen LogP contribution in [0.2, 0.25) is 0 Å². The second kappa shape index (κ2) is 6.04. The van der Waals surface area contributed by atoms with Gasteiger partial charge < -0.3 is 4.90 Å². The molecule has 0 saturated carbocycles. The Morgan fingerprint density at radius 3 is 2.75 bits per heavy atom. The second-order valence-corrected chi connectivity index (χ2v) is 6.19. The average Bonchev–Trinajstić information content (AvgIpc) is 2.39. The van der Waals surface area contributed by atoms with Crippen molar-refractivity contribution in [3.05, 3.63) is 28.5 Å². The summed E-state index contributed by atoms with van der Waals surface area (Å²) in [4.78, 5) is 26.2. The van der Waals surface area contributed by atoms with Crippen molar-refractivity contribution >= 4 is 33.3 Å². The Morgan fingerprint density at radius 2 is 2.15 bits per heavy atom. The van der Waals surface area contributed by atoms with E-state index in [0.717, 1.165) is 6.42 Å². The zero-order valence-corrected chi connectivity index (χ0v) is 13.1. The number of anilines is 1. The highest BCUT2D eigenvalue weighted by atomic mass is 79.9. The van der Waals surface area contributed by atoms with Crippen molar-refractivity contribution in [1.82, 2.24) is 0 Å². The SMILES string of the molecule is CC(C)C(=O)C1CCCN(c2ccc(F)cc2Br)C1=O. The zero-order chi connectivity index (χ0) is 14.9. The number of carbonyl (C=O) groups is 2. The van der Waals surface area contributed by atoms with Crippen molar-refractivity contribution in [3.63, 3.8) is 0 Å². The van der Waals surface area contributed by atoms with Gasteiger partial charge in [0.1, 0.15) is 11.6 Å². The lowest BCUT2D eigenvalue weighted by molar-refractivity contribution is -0.135. The fourth-order valence-corrected chi connectivity index (χ4v) is 3.05. The zero-order valence-electron chi connectivity index (χ0n) is 11.5. The lowest BCUT2D eigenvalue weighted by atomic mass is 9.87. The molecule has 5 heteroatoms. The van der Waals surface area contributed by atoms with Crippen molar-refractivity contribution in [2.75, 3.05) is 11.4 Å². The third kappa shape index (κ3) is 2.92. The fourth-order valence-electron chi connectivity index (χ4n) is 2.48. The molecule has 1 aromatic rings. The van der Waals surface area contributed by atoms with Gasteiger partial charge in [0, 0.05) is 16.9 Å². The number of hydrogen-bond acceptors (Lipinski definition) is 2. The highest BCUT2D eigenvalue weighted by molar-refractivity contribution is 9.10. The molecule has 108 valence electrons. The Hall–Kier alpha value is -1.23. The highest BCUT2D eigenvalue weighted by Gasteiger charge is 2.36. The maximum atomic E-state index is 13.1. The number of halogens is 2. The molecule has 0 N–H and O–H groups in total. The molecule has 0 aromatic heterocycles. The van der Waals surface area contributed by atoms with Gasteiger partial charge in [-0.2, -0.15) is 0 Å². The molecule has 20 heavy (non-hydrogen) atoms. The Morgan fingerprint density at radius 1 is 1.45 bits per heavy atom. The normalized spacial score (nSPS) is 19.6. The minimum atomic E-state index is -0.569. The van der Waals surface area contributed by atoms with E-state index in [2.05, 4.69) is 15.9 Å². The van der Waals surface area contributed by atoms with E-state index in [1.54, 1.807) is 11.0 Å². The molecule has 1 unspecified atom stereocenters. The predicted octanol–water partition coefficient (Wildman–Crippen LogP) is 3.56. The summed E-state index contributed by atoms with van der Waals surface area (Å²) < 4.78 is 13.7. The molecule has 0 bridgehead atoms. The molecular weight excluding hydrogens is 325 g/mol. The number of ketones is 1. The minimum absolute atomic E-state index is 0.0158. The quantitative estimate of drug-likeness (QED) is 0.788. The van der Waals surface area contributed by atoms with Crippen LogP contribution in [-0.2, 0) is 9.59 Å². The molecule has 1 aliphatic heterocycles. The van der Waals surface area contributed by atoms with Crippen molar-refractivity contribution in [1.29, 1.82) is 0 Å². The van der Waals surface area contributed by atoms with Gasteiger partial charge in [-0.25, -0.2) is 4.39 Å². The molecule has 1 fully saturated rings. The van der Waals surface area contributed by atoms with Gasteiger partial charge in [-0.1, -0.05) is 13.8 Å². The molecule has 1 atom stereocenters. The summed E-state index contributed by atoms with van der Waals surface area (Å²) in [5.74, 6) is -1.28. The van der Waals surface area contributed by atoms with E-state index in [0.29, 0.717) is 23.1 Å². The van der Waals surface area contributed by atoms with Gasteiger partial charge in [-0.15, -0.1) is 0 Å². The molecule has 0 aliphatic carbocycles. The number of Topliss-reactive ketones (excluding diaryl/α,β-unsaturated/α-hetero) is 1. The first kappa shape index (κ1) is 15.2. The van der Waals surface area contributed by atoms with Crippen LogP contribution in [0.3, 0.4) is 0 Å². The first-order chi connectivity index (χ1) is 9.41. The number of nitrogens with zero attached hydrogens (tertiary/aromatic N) is 1. The van der Waals surface area contributed by atoms with Crippen LogP contribution in [0.25, 0.3) is 0 Å². The summed E-state index contributed by atoms with van der Waals surface area (Å²) in [6, 6.07) is 4.22. The summed E-state index contributed by atoms with van der Waals surface area (Å²) in [5.41, 5.74) is 0.623. The maximum absolute atomic E-state index is 13.1. The lowest BCUT2D eigenvalue weighted by Gasteiger charge is -2.32. The number of rotatable bonds is 3. The number of amides is 1. The van der Waals surface area contributed by atoms with Crippen LogP contribution >= 0.6 is 15.9 Å². The van der Waals surface area contributed by atoms with Gasteiger partial charge in [0.25, 0.3) is 0 Å². The van der Waals surface area contributed by atoms with Crippen molar-refractivity contribution in [3.8, 4) is 0 Å². The van der Waals surface area contributed by atoms with E-state index in [4.69, 9.17) is 0 Å². The lowest BCUT2D eigenvalue weighted by Crippen LogP contribution is -2.45. The molecular formula is C15H17BrFNO2. The van der Waals surface area contributed by atoms with E-state index >= 15 is 0 Å². The fraction of sp³-hybridized carbons (Fsp3) is 0.467. The van der Waals surface area contributed by atoms with Crippen molar-refractivity contribution < 1.29 is 14.0 Å². The summed E-state index contributed by atoms with van der Waals surface area (Å²) in [6.45, 7) is 4.18. The van der Waals surface area contributed by atoms with Crippen LogP contribution in [0.15, 0.2) is 22.7 Å². The Labute approximate surface area is 126 Å². The van der Waals surface area contributed by atoms with Crippen molar-refractivity contribution in [2.24, 2.45) is 11.8 Å². The van der Waals surface area contributed by atoms with Gasteiger partial charge in [0.15, 0.2) is 0 Å². The summed E-state index contributed by atoms with van der Waals surface area (Å²) in [5, 5.41) is 0. The average molecular weight is 342 g/mol. The number of hydrogen-bond donors (Lipinski definition) is 0. The predicted molar refractivity (Wildman–Crippen MR) is 79.0 cm³/mol. The molecule has 0 spiro atoms. The van der Waals surface area contributed by atoms with Gasteiger partial charge in [-0.3, -0.25) is 9.59 Å². The number of carbonyl (C=O) groups excluding carboxylic acids is 2. The Kier molecular flexibility index (Phi) is 4.58. The molecule has 2 rings (SSSR count). The summed E-state index contributed by atoms with van der Waals surface area (Å²) in [6.07, 6.45) is 1.38. The monoisotopic (exact) mass is 341 g/mol. The van der Waals surface area contributed by atoms with Crippen LogP contribution in [-0.4, -0.2) is 18.2 Å². The van der Waals surface area contributed by atoms with Gasteiger partial charge in [0.05, 0.1) is 11.6 Å². The van der Waals surface area contributed by atoms with Crippen molar-refractivity contribution in [2.45, 2.75) is 26.7 Å². The molecule has 1 saturated heterocycles. The summed E-state index contributed by atoms with van der Waals surface area (Å²) >= 11 is 3.28. The van der Waals surface area contributed by atoms with Crippen LogP contribution in [0.5, 0.6) is 0 Å². The Bertz CT molecular complexity index is 545. The first-order valence-corrected chi connectivity index (χ1v) is 7.51. The first-order valence-electron chi connectivity index (χ1n) is 6.72. The number of benzene rings is 1. The van der Waals surface area contributed by atoms with Gasteiger partial charge in [0.2, 0.25) is 5.91 Å². The Balaban J connectivity index is 2.28. The maximum Gasteiger partial charge on any atom is 0.237 e. The number of piperidine rings is 1. The van der Waals surface area contributed by atoms with E-state index in [-0.39, 0.29) is 23.4 Å². The van der Waals surface area contributed by atoms with E-state index in [1.807, 2.05) is 13.8 Å². The molecule has 0 radical (unpaired) electrons. The van der Waals surface area contributed by atoms with E-state index < -0.39 is 5.92 Å². The molecule has 1 aromatic carbocycles. The molecule has 1 heterocycles. The van der Waals surface area contributed by atoms with E-state index in [9.17, 15) is 14.0 Å². The smallest absolute Gasteiger partial charge is 0.237 e. The molecule has 1 aliphatic rings. The topological polar surface area (TPSA) is 37.4 Å². The molecule has 1 amide bonds. The van der Waals surface area contributed by atoms with E-state index in [1.165, 1.54) is 12.1 Å². The third-order valence-corrected chi connectivity index (χ3v) is 4.19. The molecule has 3 nitrogen and oxygen atoms in total. The van der Waals surface area contributed by atoms with Crippen LogP contribution in [0, 0.1) is 17.7 Å². The van der Waals surface area contributed by atoms with Crippen LogP contribution < -0.4 is 4.90 Å². The van der Waals surface area contributed by atoms with Gasteiger partial charge in [-0.05, 0) is 47.0 Å². The van der Waals surface area contributed by atoms with Crippen LogP contribution in [0.1, 0.15) is 26.7 Å². The largest absolute Gasteiger partial charge is 0.311 e. The van der Waals surface area contributed by atoms with Gasteiger partial charge >= 0.3 is 0 Å². The van der Waals surface area contributed by atoms with Crippen LogP contribution in [0.4, 0.5) is 10.1 Å². The summed E-state index contributed by atoms with van der Waals surface area (Å²) in [7, 11) is 0. The third-order valence-electron chi connectivity index (χ3n) is 3.55. The standard InChI is InChI=1S/C15H17BrFNO2/c1-9(2)14(19)11-4-3-7-18(15(11)20)13-6-5-10(17)8-12(13)16/h5-6,8-9,11H,3-4,7H2,1-2H3.